The summed E-state index contributed by atoms with van der Waals surface area (Å²) in [5.41, 5.74) is 3.80. The molecule has 2 aromatic heterocycles. The number of nitrogens with zero attached hydrogens (tertiary/aromatic N) is 4. The average Bonchev–Trinajstić information content (AvgIpc) is 3.36. The van der Waals surface area contributed by atoms with Crippen LogP contribution in [0.3, 0.4) is 0 Å². The Labute approximate surface area is 228 Å². The van der Waals surface area contributed by atoms with Crippen molar-refractivity contribution >= 4 is 52.2 Å². The van der Waals surface area contributed by atoms with Crippen LogP contribution in [0.25, 0.3) is 0 Å². The van der Waals surface area contributed by atoms with Gasteiger partial charge < -0.3 is 25.6 Å². The Hall–Kier alpha value is -3.78. The van der Waals surface area contributed by atoms with E-state index in [2.05, 4.69) is 51.2 Å². The van der Waals surface area contributed by atoms with Crippen LogP contribution in [-0.2, 0) is 0 Å². The minimum atomic E-state index is -2.63. The molecule has 4 rings (SSSR count). The second kappa shape index (κ2) is 14.8. The number of benzene rings is 1. The summed E-state index contributed by atoms with van der Waals surface area (Å²) >= 11 is 1.55. The Kier molecular flexibility index (Phi) is 11.9. The molecule has 4 N–H and O–H groups in total. The van der Waals surface area contributed by atoms with Crippen molar-refractivity contribution in [2.75, 3.05) is 38.9 Å². The fourth-order valence-corrected chi connectivity index (χ4v) is 3.72. The van der Waals surface area contributed by atoms with E-state index in [9.17, 15) is 14.0 Å². The first-order valence-corrected chi connectivity index (χ1v) is 13.6. The van der Waals surface area contributed by atoms with Crippen LogP contribution in [-0.4, -0.2) is 35.9 Å². The van der Waals surface area contributed by atoms with Crippen LogP contribution in [0, 0.1) is 18.3 Å². The van der Waals surface area contributed by atoms with Gasteiger partial charge in [-0.2, -0.15) is 5.26 Å². The number of nitrogens with one attached hydrogen (secondary N) is 4. The number of para-hydroxylation sites is 2. The molecule has 0 spiro atoms. The molecule has 0 fully saturated rings. The van der Waals surface area contributed by atoms with Crippen LogP contribution in [0.2, 0.25) is 0 Å². The quantitative estimate of drug-likeness (QED) is 0.223. The Balaban J connectivity index is 0.000000947. The number of pyridine rings is 2. The largest absolute Gasteiger partial charge is 0.356 e. The first kappa shape index (κ1) is 30.4. The van der Waals surface area contributed by atoms with Crippen molar-refractivity contribution in [3.05, 3.63) is 53.7 Å². The highest BCUT2D eigenvalue weighted by Crippen LogP contribution is 2.41. The number of alkyl halides is 2. The third kappa shape index (κ3) is 7.61. The first-order chi connectivity index (χ1) is 18.3. The van der Waals surface area contributed by atoms with Gasteiger partial charge in [0.1, 0.15) is 29.1 Å². The molecule has 3 heterocycles. The molecule has 1 atom stereocenters. The first-order valence-electron chi connectivity index (χ1n) is 12.5. The number of hydrogen-bond donors (Lipinski definition) is 4. The lowest BCUT2D eigenvalue weighted by atomic mass is 10.2. The van der Waals surface area contributed by atoms with E-state index in [0.29, 0.717) is 28.7 Å². The summed E-state index contributed by atoms with van der Waals surface area (Å²) in [7, 11) is 1.94. The van der Waals surface area contributed by atoms with E-state index in [1.54, 1.807) is 37.1 Å². The fraction of sp³-hybridized carbons (Fsp3) is 0.370. The molecule has 1 aromatic carbocycles. The zero-order chi connectivity index (χ0) is 28.2. The molecule has 38 heavy (non-hydrogen) atoms. The molecule has 1 aliphatic heterocycles. The summed E-state index contributed by atoms with van der Waals surface area (Å²) in [6.45, 7) is 10.0. The molecule has 1 unspecified atom stereocenters. The number of rotatable bonds is 7. The van der Waals surface area contributed by atoms with Gasteiger partial charge in [0.2, 0.25) is 0 Å². The number of fused-ring (bicyclic) bond motifs is 1. The Morgan fingerprint density at radius 1 is 1.05 bits per heavy atom. The SMILES string of the molecule is CC.CCC.CSN(C)c1ccccc1Nc1cc(Nc2ccc(C)c(C#N)n2)nc2c1NC(C(F)F)N2. The average molecular weight is 543 g/mol. The number of halogens is 2. The second-order valence-corrected chi connectivity index (χ2v) is 8.92. The zero-order valence-corrected chi connectivity index (χ0v) is 23.7. The topological polar surface area (TPSA) is 101 Å². The predicted octanol–water partition coefficient (Wildman–Crippen LogP) is 7.73. The molecule has 0 aliphatic carbocycles. The summed E-state index contributed by atoms with van der Waals surface area (Å²) in [6.07, 6.45) is -0.670. The van der Waals surface area contributed by atoms with Gasteiger partial charge in [0.05, 0.1) is 17.1 Å². The molecule has 3 aromatic rings. The predicted molar refractivity (Wildman–Crippen MR) is 157 cm³/mol. The van der Waals surface area contributed by atoms with E-state index in [4.69, 9.17) is 0 Å². The van der Waals surface area contributed by atoms with Crippen molar-refractivity contribution in [1.29, 1.82) is 5.26 Å². The number of anilines is 7. The highest BCUT2D eigenvalue weighted by atomic mass is 32.2. The lowest BCUT2D eigenvalue weighted by Gasteiger charge is -2.21. The van der Waals surface area contributed by atoms with E-state index in [0.717, 1.165) is 16.9 Å². The zero-order valence-electron chi connectivity index (χ0n) is 22.9. The lowest BCUT2D eigenvalue weighted by molar-refractivity contribution is 0.135. The van der Waals surface area contributed by atoms with Gasteiger partial charge in [-0.1, -0.05) is 64.3 Å². The second-order valence-electron chi connectivity index (χ2n) is 8.01. The number of hydrogen-bond acceptors (Lipinski definition) is 9. The molecule has 0 saturated carbocycles. The van der Waals surface area contributed by atoms with Gasteiger partial charge in [-0.05, 0) is 30.7 Å². The van der Waals surface area contributed by atoms with Crippen LogP contribution in [0.5, 0.6) is 0 Å². The van der Waals surface area contributed by atoms with Gasteiger partial charge in [0.25, 0.3) is 6.43 Å². The van der Waals surface area contributed by atoms with Crippen molar-refractivity contribution < 1.29 is 8.78 Å². The third-order valence-electron chi connectivity index (χ3n) is 5.11. The van der Waals surface area contributed by atoms with Crippen LogP contribution in [0.1, 0.15) is 45.4 Å². The monoisotopic (exact) mass is 542 g/mol. The normalized spacial score (nSPS) is 12.9. The van der Waals surface area contributed by atoms with Crippen molar-refractivity contribution in [1.82, 2.24) is 9.97 Å². The van der Waals surface area contributed by atoms with Gasteiger partial charge in [-0.25, -0.2) is 18.7 Å². The van der Waals surface area contributed by atoms with Crippen molar-refractivity contribution in [2.24, 2.45) is 0 Å². The van der Waals surface area contributed by atoms with Gasteiger partial charge in [-0.3, -0.25) is 0 Å². The molecule has 0 amide bonds. The van der Waals surface area contributed by atoms with E-state index in [-0.39, 0.29) is 5.82 Å². The number of nitriles is 1. The van der Waals surface area contributed by atoms with Gasteiger partial charge in [0.15, 0.2) is 12.0 Å². The van der Waals surface area contributed by atoms with Crippen molar-refractivity contribution in [2.45, 2.75) is 53.6 Å². The minimum Gasteiger partial charge on any atom is -0.356 e. The smallest absolute Gasteiger partial charge is 0.276 e. The molecule has 11 heteroatoms. The van der Waals surface area contributed by atoms with Crippen LogP contribution < -0.4 is 25.6 Å². The maximum atomic E-state index is 13.4. The van der Waals surface area contributed by atoms with Gasteiger partial charge >= 0.3 is 0 Å². The summed E-state index contributed by atoms with van der Waals surface area (Å²) in [5.74, 6) is 1.10. The van der Waals surface area contributed by atoms with Crippen molar-refractivity contribution in [3.63, 3.8) is 0 Å². The van der Waals surface area contributed by atoms with E-state index < -0.39 is 12.6 Å². The molecule has 1 aliphatic rings. The molecule has 204 valence electrons. The summed E-state index contributed by atoms with van der Waals surface area (Å²) in [6, 6.07) is 15.0. The van der Waals surface area contributed by atoms with Crippen molar-refractivity contribution in [3.8, 4) is 6.07 Å². The standard InChI is InChI=1S/C22H22F2N8S.C3H8.C2H6/c1-12-8-9-17(27-15(12)11-25)28-18-10-14(19-21(29-18)31-22(30-19)20(23)24)26-13-6-4-5-7-16(13)32(2)33-3;1-3-2;1-2/h4-10,20,22,30H,1-3H3,(H3,26,27,28,29,31);3H2,1-2H3;1-2H3. The van der Waals surface area contributed by atoms with Gasteiger partial charge in [0, 0.05) is 19.4 Å². The number of aryl methyl sites for hydroxylation is 1. The maximum Gasteiger partial charge on any atom is 0.276 e. The molecular weight excluding hydrogens is 506 g/mol. The molecular formula is C27H36F2N8S. The summed E-state index contributed by atoms with van der Waals surface area (Å²) < 4.78 is 28.8. The number of aromatic nitrogens is 2. The van der Waals surface area contributed by atoms with E-state index >= 15 is 0 Å². The highest BCUT2D eigenvalue weighted by Gasteiger charge is 2.31. The summed E-state index contributed by atoms with van der Waals surface area (Å²) in [5, 5.41) is 21.2. The minimum absolute atomic E-state index is 0.288. The Morgan fingerprint density at radius 3 is 2.37 bits per heavy atom. The maximum absolute atomic E-state index is 13.4. The van der Waals surface area contributed by atoms with Gasteiger partial charge in [-0.15, -0.1) is 0 Å². The van der Waals surface area contributed by atoms with E-state index in [1.165, 1.54) is 6.42 Å². The molecule has 8 nitrogen and oxygen atoms in total. The Morgan fingerprint density at radius 2 is 1.74 bits per heavy atom. The molecule has 0 saturated heterocycles. The molecule has 0 bridgehead atoms. The fourth-order valence-electron chi connectivity index (χ4n) is 3.36. The lowest BCUT2D eigenvalue weighted by Crippen LogP contribution is -2.30. The highest BCUT2D eigenvalue weighted by molar-refractivity contribution is 7.99. The van der Waals surface area contributed by atoms with E-state index in [1.807, 2.05) is 55.7 Å². The van der Waals surface area contributed by atoms with Crippen LogP contribution in [0.4, 0.5) is 49.0 Å². The Bertz CT molecular complexity index is 1230. The molecule has 0 radical (unpaired) electrons. The van der Waals surface area contributed by atoms with Crippen LogP contribution in [0.15, 0.2) is 42.5 Å². The third-order valence-corrected chi connectivity index (χ3v) is 5.85. The van der Waals surface area contributed by atoms with Crippen LogP contribution >= 0.6 is 11.9 Å². The summed E-state index contributed by atoms with van der Waals surface area (Å²) in [4.78, 5) is 8.73.